The number of carbonyl (C=O) groups excluding carboxylic acids is 1. The van der Waals surface area contributed by atoms with Crippen molar-refractivity contribution in [1.29, 1.82) is 0 Å². The highest BCUT2D eigenvalue weighted by atomic mass is 35.5. The van der Waals surface area contributed by atoms with Crippen LogP contribution in [0.5, 0.6) is 0 Å². The molecule has 0 spiro atoms. The number of rotatable bonds is 6. The normalized spacial score (nSPS) is 11.4. The molecule has 1 rings (SSSR count). The lowest BCUT2D eigenvalue weighted by Gasteiger charge is -2.31. The van der Waals surface area contributed by atoms with Gasteiger partial charge in [-0.3, -0.25) is 4.79 Å². The van der Waals surface area contributed by atoms with Crippen molar-refractivity contribution in [1.82, 2.24) is 0 Å². The molecule has 0 aliphatic carbocycles. The largest absolute Gasteiger partial charge is 0.312 e. The van der Waals surface area contributed by atoms with Crippen molar-refractivity contribution in [3.8, 4) is 0 Å². The van der Waals surface area contributed by atoms with Gasteiger partial charge < -0.3 is 4.90 Å². The molecule has 0 aromatic heterocycles. The number of hydrogen-bond acceptors (Lipinski definition) is 1. The highest BCUT2D eigenvalue weighted by molar-refractivity contribution is 6.30. The van der Waals surface area contributed by atoms with E-state index >= 15 is 0 Å². The first-order chi connectivity index (χ1) is 8.92. The van der Waals surface area contributed by atoms with Gasteiger partial charge in [0.25, 0.3) is 0 Å². The van der Waals surface area contributed by atoms with Crippen LogP contribution in [0.3, 0.4) is 0 Å². The zero-order valence-electron chi connectivity index (χ0n) is 12.4. The molecule has 1 aromatic rings. The summed E-state index contributed by atoms with van der Waals surface area (Å²) < 4.78 is 0. The summed E-state index contributed by atoms with van der Waals surface area (Å²) >= 11 is 6.04. The predicted molar refractivity (Wildman–Crippen MR) is 82.8 cm³/mol. The molecular weight excluding hydrogens is 258 g/mol. The smallest absolute Gasteiger partial charge is 0.232 e. The molecule has 1 amide bonds. The summed E-state index contributed by atoms with van der Waals surface area (Å²) in [6.07, 6.45) is 2.89. The van der Waals surface area contributed by atoms with Crippen LogP contribution in [0.1, 0.15) is 47.0 Å². The van der Waals surface area contributed by atoms with Crippen molar-refractivity contribution in [2.24, 2.45) is 5.41 Å². The molecule has 2 nitrogen and oxygen atoms in total. The molecular formula is C16H24ClNO. The lowest BCUT2D eigenvalue weighted by molar-refractivity contribution is -0.126. The molecule has 0 saturated heterocycles. The van der Waals surface area contributed by atoms with E-state index in [1.165, 1.54) is 0 Å². The molecule has 106 valence electrons. The minimum Gasteiger partial charge on any atom is -0.312 e. The summed E-state index contributed by atoms with van der Waals surface area (Å²) in [6, 6.07) is 7.54. The third-order valence-corrected chi connectivity index (χ3v) is 3.80. The number of benzene rings is 1. The highest BCUT2D eigenvalue weighted by Crippen LogP contribution is 2.28. The molecule has 3 heteroatoms. The summed E-state index contributed by atoms with van der Waals surface area (Å²) in [5.41, 5.74) is 0.559. The Morgan fingerprint density at radius 1 is 1.32 bits per heavy atom. The molecule has 0 unspecified atom stereocenters. The van der Waals surface area contributed by atoms with Gasteiger partial charge in [0.1, 0.15) is 0 Å². The SMILES string of the molecule is CCCCN(C(=O)C(C)(C)CC)c1cccc(Cl)c1. The Hall–Kier alpha value is -1.02. The van der Waals surface area contributed by atoms with Gasteiger partial charge in [-0.05, 0) is 31.0 Å². The number of unbranched alkanes of at least 4 members (excludes halogenated alkanes) is 1. The summed E-state index contributed by atoms with van der Waals surface area (Å²) in [5, 5.41) is 0.668. The van der Waals surface area contributed by atoms with Crippen LogP contribution in [0.25, 0.3) is 0 Å². The van der Waals surface area contributed by atoms with Crippen LogP contribution in [-0.4, -0.2) is 12.5 Å². The maximum Gasteiger partial charge on any atom is 0.232 e. The van der Waals surface area contributed by atoms with Crippen LogP contribution in [0, 0.1) is 5.41 Å². The van der Waals surface area contributed by atoms with Gasteiger partial charge >= 0.3 is 0 Å². The Balaban J connectivity index is 3.04. The molecule has 0 N–H and O–H groups in total. The summed E-state index contributed by atoms with van der Waals surface area (Å²) in [6.45, 7) is 8.93. The Kier molecular flexibility index (Phi) is 5.86. The Bertz CT molecular complexity index is 429. The quantitative estimate of drug-likeness (QED) is 0.725. The Labute approximate surface area is 121 Å². The van der Waals surface area contributed by atoms with Crippen molar-refractivity contribution >= 4 is 23.2 Å². The first-order valence-electron chi connectivity index (χ1n) is 7.00. The van der Waals surface area contributed by atoms with E-state index in [0.717, 1.165) is 31.5 Å². The van der Waals surface area contributed by atoms with Crippen LogP contribution < -0.4 is 4.90 Å². The molecule has 19 heavy (non-hydrogen) atoms. The van der Waals surface area contributed by atoms with Gasteiger partial charge in [0.05, 0.1) is 0 Å². The molecule has 0 saturated carbocycles. The van der Waals surface area contributed by atoms with E-state index in [4.69, 9.17) is 11.6 Å². The van der Waals surface area contributed by atoms with Gasteiger partial charge in [-0.15, -0.1) is 0 Å². The van der Waals surface area contributed by atoms with Crippen LogP contribution in [-0.2, 0) is 4.79 Å². The number of halogens is 1. The fourth-order valence-corrected chi connectivity index (χ4v) is 2.01. The zero-order chi connectivity index (χ0) is 14.5. The molecule has 0 radical (unpaired) electrons. The fourth-order valence-electron chi connectivity index (χ4n) is 1.82. The molecule has 0 atom stereocenters. The van der Waals surface area contributed by atoms with Gasteiger partial charge in [-0.2, -0.15) is 0 Å². The topological polar surface area (TPSA) is 20.3 Å². The second kappa shape index (κ2) is 6.95. The Morgan fingerprint density at radius 3 is 2.53 bits per heavy atom. The highest BCUT2D eigenvalue weighted by Gasteiger charge is 2.30. The second-order valence-electron chi connectivity index (χ2n) is 5.53. The zero-order valence-corrected chi connectivity index (χ0v) is 13.1. The second-order valence-corrected chi connectivity index (χ2v) is 5.96. The summed E-state index contributed by atoms with van der Waals surface area (Å²) in [4.78, 5) is 14.6. The van der Waals surface area contributed by atoms with Gasteiger partial charge in [-0.25, -0.2) is 0 Å². The van der Waals surface area contributed by atoms with Gasteiger partial charge in [-0.1, -0.05) is 51.8 Å². The van der Waals surface area contributed by atoms with Crippen molar-refractivity contribution in [3.63, 3.8) is 0 Å². The Morgan fingerprint density at radius 2 is 2.00 bits per heavy atom. The van der Waals surface area contributed by atoms with Crippen molar-refractivity contribution in [2.45, 2.75) is 47.0 Å². The van der Waals surface area contributed by atoms with Crippen molar-refractivity contribution < 1.29 is 4.79 Å². The average Bonchev–Trinajstić information content (AvgIpc) is 2.39. The van der Waals surface area contributed by atoms with Crippen LogP contribution >= 0.6 is 11.6 Å². The third kappa shape index (κ3) is 4.24. The number of amides is 1. The van der Waals surface area contributed by atoms with Crippen LogP contribution in [0.4, 0.5) is 5.69 Å². The van der Waals surface area contributed by atoms with E-state index in [2.05, 4.69) is 6.92 Å². The van der Waals surface area contributed by atoms with Crippen molar-refractivity contribution in [2.75, 3.05) is 11.4 Å². The minimum atomic E-state index is -0.337. The summed E-state index contributed by atoms with van der Waals surface area (Å²) in [7, 11) is 0. The van der Waals surface area contributed by atoms with E-state index in [0.29, 0.717) is 5.02 Å². The van der Waals surface area contributed by atoms with Gasteiger partial charge in [0, 0.05) is 22.7 Å². The summed E-state index contributed by atoms with van der Waals surface area (Å²) in [5.74, 6) is 0.172. The van der Waals surface area contributed by atoms with E-state index in [-0.39, 0.29) is 11.3 Å². The van der Waals surface area contributed by atoms with Crippen LogP contribution in [0.2, 0.25) is 5.02 Å². The first kappa shape index (κ1) is 16.0. The maximum absolute atomic E-state index is 12.7. The van der Waals surface area contributed by atoms with E-state index in [9.17, 15) is 4.79 Å². The molecule has 0 aliphatic heterocycles. The molecule has 0 fully saturated rings. The lowest BCUT2D eigenvalue weighted by Crippen LogP contribution is -2.41. The van der Waals surface area contributed by atoms with Crippen molar-refractivity contribution in [3.05, 3.63) is 29.3 Å². The number of carbonyl (C=O) groups is 1. The van der Waals surface area contributed by atoms with E-state index in [1.807, 2.05) is 49.9 Å². The maximum atomic E-state index is 12.7. The molecule has 0 bridgehead atoms. The minimum absolute atomic E-state index is 0.172. The molecule has 0 heterocycles. The first-order valence-corrected chi connectivity index (χ1v) is 7.37. The monoisotopic (exact) mass is 281 g/mol. The fraction of sp³-hybridized carbons (Fsp3) is 0.562. The molecule has 0 aliphatic rings. The predicted octanol–water partition coefficient (Wildman–Crippen LogP) is 4.91. The third-order valence-electron chi connectivity index (χ3n) is 3.56. The van der Waals surface area contributed by atoms with Crippen LogP contribution in [0.15, 0.2) is 24.3 Å². The average molecular weight is 282 g/mol. The van der Waals surface area contributed by atoms with Gasteiger partial charge in [0.2, 0.25) is 5.91 Å². The molecule has 1 aromatic carbocycles. The number of anilines is 1. The van der Waals surface area contributed by atoms with E-state index in [1.54, 1.807) is 0 Å². The lowest BCUT2D eigenvalue weighted by atomic mass is 9.88. The van der Waals surface area contributed by atoms with E-state index < -0.39 is 0 Å². The number of nitrogens with zero attached hydrogens (tertiary/aromatic N) is 1. The standard InChI is InChI=1S/C16H24ClNO/c1-5-7-11-18(15(19)16(3,4)6-2)14-10-8-9-13(17)12-14/h8-10,12H,5-7,11H2,1-4H3. The van der Waals surface area contributed by atoms with Gasteiger partial charge in [0.15, 0.2) is 0 Å². The number of hydrogen-bond donors (Lipinski definition) is 0.